The molecule has 0 amide bonds. The van der Waals surface area contributed by atoms with Crippen LogP contribution in [0.4, 0.5) is 13.2 Å². The van der Waals surface area contributed by atoms with Gasteiger partial charge in [-0.1, -0.05) is 0 Å². The van der Waals surface area contributed by atoms with Crippen molar-refractivity contribution in [2.75, 3.05) is 0 Å². The molecule has 7 heteroatoms. The molecular formula is C13H13F3N2OS. The van der Waals surface area contributed by atoms with Crippen LogP contribution in [0.3, 0.4) is 0 Å². The van der Waals surface area contributed by atoms with Crippen molar-refractivity contribution in [2.45, 2.75) is 26.3 Å². The Kier molecular flexibility index (Phi) is 4.01. The average molecular weight is 302 g/mol. The molecule has 0 saturated carbocycles. The number of nitrogens with two attached hydrogens (primary N) is 1. The SMILES string of the molecule is Cc1nc(-c2ccc(OC(F)(F)F)cc2)sc1C(C)N. The highest BCUT2D eigenvalue weighted by atomic mass is 32.1. The van der Waals surface area contributed by atoms with Gasteiger partial charge in [0.15, 0.2) is 0 Å². The van der Waals surface area contributed by atoms with Gasteiger partial charge < -0.3 is 10.5 Å². The fourth-order valence-corrected chi connectivity index (χ4v) is 2.78. The summed E-state index contributed by atoms with van der Waals surface area (Å²) in [4.78, 5) is 5.35. The predicted molar refractivity (Wildman–Crippen MR) is 71.6 cm³/mol. The van der Waals surface area contributed by atoms with Crippen molar-refractivity contribution < 1.29 is 17.9 Å². The summed E-state index contributed by atoms with van der Waals surface area (Å²) in [6.45, 7) is 3.73. The number of nitrogens with zero attached hydrogens (tertiary/aromatic N) is 1. The Morgan fingerprint density at radius 3 is 2.30 bits per heavy atom. The third-order valence-electron chi connectivity index (χ3n) is 2.58. The third-order valence-corrected chi connectivity index (χ3v) is 3.99. The standard InChI is InChI=1S/C13H13F3N2OS/c1-7(17)11-8(2)18-12(20-11)9-3-5-10(6-4-9)19-13(14,15)16/h3-7H,17H2,1-2H3. The second kappa shape index (κ2) is 5.41. The largest absolute Gasteiger partial charge is 0.573 e. The second-order valence-electron chi connectivity index (χ2n) is 4.33. The second-order valence-corrected chi connectivity index (χ2v) is 5.36. The van der Waals surface area contributed by atoms with Crippen LogP contribution in [-0.2, 0) is 0 Å². The van der Waals surface area contributed by atoms with Crippen LogP contribution in [0.5, 0.6) is 5.75 Å². The van der Waals surface area contributed by atoms with E-state index in [2.05, 4.69) is 9.72 Å². The molecule has 1 atom stereocenters. The lowest BCUT2D eigenvalue weighted by Gasteiger charge is -2.08. The van der Waals surface area contributed by atoms with E-state index in [0.29, 0.717) is 0 Å². The van der Waals surface area contributed by atoms with Crippen molar-refractivity contribution in [1.29, 1.82) is 0 Å². The van der Waals surface area contributed by atoms with E-state index in [0.717, 1.165) is 21.1 Å². The van der Waals surface area contributed by atoms with Crippen molar-refractivity contribution in [3.8, 4) is 16.3 Å². The van der Waals surface area contributed by atoms with E-state index >= 15 is 0 Å². The molecule has 3 nitrogen and oxygen atoms in total. The molecule has 0 aliphatic carbocycles. The molecule has 1 unspecified atom stereocenters. The number of ether oxygens (including phenoxy) is 1. The Balaban J connectivity index is 2.24. The van der Waals surface area contributed by atoms with Crippen LogP contribution in [0.15, 0.2) is 24.3 Å². The molecule has 0 aliphatic rings. The molecule has 1 aromatic heterocycles. The van der Waals surface area contributed by atoms with Crippen LogP contribution in [0.2, 0.25) is 0 Å². The molecule has 2 aromatic rings. The first-order valence-corrected chi connectivity index (χ1v) is 6.67. The summed E-state index contributed by atoms with van der Waals surface area (Å²) in [7, 11) is 0. The summed E-state index contributed by atoms with van der Waals surface area (Å²) >= 11 is 1.44. The van der Waals surface area contributed by atoms with Crippen LogP contribution in [0.1, 0.15) is 23.5 Å². The van der Waals surface area contributed by atoms with Gasteiger partial charge in [-0.3, -0.25) is 0 Å². The molecule has 0 fully saturated rings. The highest BCUT2D eigenvalue weighted by Gasteiger charge is 2.31. The molecule has 1 aromatic carbocycles. The minimum atomic E-state index is -4.68. The van der Waals surface area contributed by atoms with Crippen LogP contribution >= 0.6 is 11.3 Å². The van der Waals surface area contributed by atoms with Crippen molar-refractivity contribution in [2.24, 2.45) is 5.73 Å². The number of benzene rings is 1. The molecule has 0 aliphatic heterocycles. The zero-order chi connectivity index (χ0) is 14.9. The zero-order valence-electron chi connectivity index (χ0n) is 10.9. The molecule has 0 radical (unpaired) electrons. The summed E-state index contributed by atoms with van der Waals surface area (Å²) in [6.07, 6.45) is -4.68. The Labute approximate surface area is 118 Å². The maximum atomic E-state index is 12.1. The van der Waals surface area contributed by atoms with Gasteiger partial charge in [0.2, 0.25) is 0 Å². The summed E-state index contributed by atoms with van der Waals surface area (Å²) < 4.78 is 40.0. The van der Waals surface area contributed by atoms with E-state index < -0.39 is 6.36 Å². The quantitative estimate of drug-likeness (QED) is 0.931. The number of aromatic nitrogens is 1. The fourth-order valence-electron chi connectivity index (χ4n) is 1.75. The van der Waals surface area contributed by atoms with Gasteiger partial charge >= 0.3 is 6.36 Å². The highest BCUT2D eigenvalue weighted by Crippen LogP contribution is 2.32. The zero-order valence-corrected chi connectivity index (χ0v) is 11.7. The number of alkyl halides is 3. The Bertz CT molecular complexity index is 591. The molecule has 0 bridgehead atoms. The Morgan fingerprint density at radius 2 is 1.85 bits per heavy atom. The minimum Gasteiger partial charge on any atom is -0.406 e. The molecule has 20 heavy (non-hydrogen) atoms. The smallest absolute Gasteiger partial charge is 0.406 e. The topological polar surface area (TPSA) is 48.1 Å². The van der Waals surface area contributed by atoms with Gasteiger partial charge in [0, 0.05) is 16.5 Å². The number of aryl methyl sites for hydroxylation is 1. The maximum Gasteiger partial charge on any atom is 0.573 e. The van der Waals surface area contributed by atoms with Gasteiger partial charge in [0.25, 0.3) is 0 Å². The van der Waals surface area contributed by atoms with Crippen LogP contribution in [0.25, 0.3) is 10.6 Å². The molecule has 2 N–H and O–H groups in total. The van der Waals surface area contributed by atoms with E-state index in [-0.39, 0.29) is 11.8 Å². The van der Waals surface area contributed by atoms with Gasteiger partial charge in [0.1, 0.15) is 10.8 Å². The number of hydrogen-bond acceptors (Lipinski definition) is 4. The van der Waals surface area contributed by atoms with Crippen molar-refractivity contribution in [3.63, 3.8) is 0 Å². The molecule has 0 spiro atoms. The number of thiazole rings is 1. The number of hydrogen-bond donors (Lipinski definition) is 1. The Hall–Kier alpha value is -1.60. The summed E-state index contributed by atoms with van der Waals surface area (Å²) in [5.74, 6) is -0.248. The van der Waals surface area contributed by atoms with Crippen molar-refractivity contribution >= 4 is 11.3 Å². The lowest BCUT2D eigenvalue weighted by atomic mass is 10.2. The lowest BCUT2D eigenvalue weighted by molar-refractivity contribution is -0.274. The molecule has 1 heterocycles. The first kappa shape index (κ1) is 14.8. The number of halogens is 3. The normalized spacial score (nSPS) is 13.3. The third kappa shape index (κ3) is 3.49. The van der Waals surface area contributed by atoms with E-state index in [9.17, 15) is 13.2 Å². The molecule has 108 valence electrons. The lowest BCUT2D eigenvalue weighted by Crippen LogP contribution is -2.16. The summed E-state index contributed by atoms with van der Waals surface area (Å²) in [5.41, 5.74) is 7.40. The van der Waals surface area contributed by atoms with Gasteiger partial charge in [-0.15, -0.1) is 24.5 Å². The van der Waals surface area contributed by atoms with E-state index in [4.69, 9.17) is 5.73 Å². The van der Waals surface area contributed by atoms with Gasteiger partial charge in [-0.25, -0.2) is 4.98 Å². The van der Waals surface area contributed by atoms with Gasteiger partial charge in [-0.05, 0) is 38.1 Å². The van der Waals surface area contributed by atoms with Crippen molar-refractivity contribution in [1.82, 2.24) is 4.98 Å². The molecule has 2 rings (SSSR count). The average Bonchev–Trinajstić information content (AvgIpc) is 2.70. The highest BCUT2D eigenvalue weighted by molar-refractivity contribution is 7.15. The monoisotopic (exact) mass is 302 g/mol. The fraction of sp³-hybridized carbons (Fsp3) is 0.308. The van der Waals surface area contributed by atoms with Crippen LogP contribution < -0.4 is 10.5 Å². The predicted octanol–water partition coefficient (Wildman–Crippen LogP) is 4.04. The summed E-state index contributed by atoms with van der Waals surface area (Å²) in [6, 6.07) is 5.51. The van der Waals surface area contributed by atoms with Crippen molar-refractivity contribution in [3.05, 3.63) is 34.8 Å². The molecule has 0 saturated heterocycles. The summed E-state index contributed by atoms with van der Waals surface area (Å²) in [5, 5.41) is 0.730. The number of rotatable bonds is 3. The maximum absolute atomic E-state index is 12.1. The first-order valence-electron chi connectivity index (χ1n) is 5.85. The van der Waals surface area contributed by atoms with E-state index in [1.54, 1.807) is 12.1 Å². The van der Waals surface area contributed by atoms with Gasteiger partial charge in [-0.2, -0.15) is 0 Å². The Morgan fingerprint density at radius 1 is 1.25 bits per heavy atom. The first-order chi connectivity index (χ1) is 9.26. The van der Waals surface area contributed by atoms with Crippen LogP contribution in [0, 0.1) is 6.92 Å². The van der Waals surface area contributed by atoms with E-state index in [1.807, 2.05) is 13.8 Å². The van der Waals surface area contributed by atoms with Gasteiger partial charge in [0.05, 0.1) is 5.69 Å². The van der Waals surface area contributed by atoms with Crippen LogP contribution in [-0.4, -0.2) is 11.3 Å². The van der Waals surface area contributed by atoms with E-state index in [1.165, 1.54) is 23.5 Å². The molecular weight excluding hydrogens is 289 g/mol. The minimum absolute atomic E-state index is 0.117.